The average molecular weight is 113 g/mol. The van der Waals surface area contributed by atoms with Crippen LogP contribution in [0.1, 0.15) is 6.92 Å². The second kappa shape index (κ2) is 1.47. The van der Waals surface area contributed by atoms with E-state index in [1.807, 2.05) is 0 Å². The summed E-state index contributed by atoms with van der Waals surface area (Å²) < 4.78 is 0. The third-order valence-corrected chi connectivity index (χ3v) is 0.808. The number of carbonyl (C=O) groups is 2. The molecular weight excluding hydrogens is 108 g/mol. The van der Waals surface area contributed by atoms with Crippen LogP contribution in [0.2, 0.25) is 0 Å². The highest BCUT2D eigenvalue weighted by Gasteiger charge is 2.25. The summed E-state index contributed by atoms with van der Waals surface area (Å²) in [7, 11) is 0. The molecule has 2 amide bonds. The molecule has 1 aliphatic heterocycles. The Morgan fingerprint density at radius 1 is 1.12 bits per heavy atom. The minimum Gasteiger partial charge on any atom is -0.322 e. The summed E-state index contributed by atoms with van der Waals surface area (Å²) in [6.45, 7) is 1.61. The van der Waals surface area contributed by atoms with E-state index in [2.05, 4.69) is 10.6 Å². The fourth-order valence-electron chi connectivity index (χ4n) is 0.485. The molecule has 2 N–H and O–H groups in total. The zero-order valence-electron chi connectivity index (χ0n) is 4.32. The Kier molecular flexibility index (Phi) is 0.932. The lowest BCUT2D eigenvalue weighted by atomic mass is 10.6. The lowest BCUT2D eigenvalue weighted by Crippen LogP contribution is -2.19. The molecule has 4 nitrogen and oxygen atoms in total. The minimum atomic E-state index is -0.581. The Labute approximate surface area is 46.3 Å². The standard InChI is InChI=1S/C4H5N2O2/c1-2-5-3(7)4(8)6-2/h1H3,(H,5,7)(H,6,8). The van der Waals surface area contributed by atoms with Crippen LogP contribution in [0.25, 0.3) is 0 Å². The van der Waals surface area contributed by atoms with Gasteiger partial charge in [0.2, 0.25) is 0 Å². The van der Waals surface area contributed by atoms with Crippen molar-refractivity contribution in [3.05, 3.63) is 6.17 Å². The van der Waals surface area contributed by atoms with Gasteiger partial charge in [0.05, 0.1) is 0 Å². The van der Waals surface area contributed by atoms with Gasteiger partial charge in [-0.05, 0) is 6.92 Å². The molecule has 0 saturated carbocycles. The van der Waals surface area contributed by atoms with Crippen molar-refractivity contribution in [3.63, 3.8) is 0 Å². The second-order valence-corrected chi connectivity index (χ2v) is 1.53. The van der Waals surface area contributed by atoms with Gasteiger partial charge in [-0.25, -0.2) is 0 Å². The molecule has 43 valence electrons. The van der Waals surface area contributed by atoms with Gasteiger partial charge in [-0.1, -0.05) is 0 Å². The van der Waals surface area contributed by atoms with E-state index in [1.165, 1.54) is 0 Å². The maximum Gasteiger partial charge on any atom is 0.311 e. The Hall–Kier alpha value is -1.06. The van der Waals surface area contributed by atoms with E-state index >= 15 is 0 Å². The van der Waals surface area contributed by atoms with Gasteiger partial charge < -0.3 is 10.6 Å². The highest BCUT2D eigenvalue weighted by atomic mass is 16.2. The minimum absolute atomic E-state index is 0.500. The van der Waals surface area contributed by atoms with Gasteiger partial charge in [0.15, 0.2) is 6.17 Å². The van der Waals surface area contributed by atoms with Crippen LogP contribution in [0.3, 0.4) is 0 Å². The predicted octanol–water partition coefficient (Wildman–Crippen LogP) is -1.26. The van der Waals surface area contributed by atoms with Crippen molar-refractivity contribution in [1.82, 2.24) is 10.6 Å². The number of hydrogen-bond acceptors (Lipinski definition) is 2. The SMILES string of the molecule is C[C]1NC(=O)C(=O)N1. The highest BCUT2D eigenvalue weighted by molar-refractivity contribution is 6.37. The second-order valence-electron chi connectivity index (χ2n) is 1.53. The van der Waals surface area contributed by atoms with Gasteiger partial charge in [0, 0.05) is 0 Å². The van der Waals surface area contributed by atoms with Crippen LogP contribution in [0.4, 0.5) is 0 Å². The molecule has 1 heterocycles. The molecule has 0 aromatic carbocycles. The van der Waals surface area contributed by atoms with Gasteiger partial charge in [-0.15, -0.1) is 0 Å². The van der Waals surface area contributed by atoms with Gasteiger partial charge in [0.1, 0.15) is 0 Å². The predicted molar refractivity (Wildman–Crippen MR) is 25.2 cm³/mol. The molecule has 0 aromatic rings. The van der Waals surface area contributed by atoms with Crippen molar-refractivity contribution in [2.75, 3.05) is 0 Å². The van der Waals surface area contributed by atoms with Crippen molar-refractivity contribution in [2.45, 2.75) is 6.92 Å². The number of hydrogen-bond donors (Lipinski definition) is 2. The molecule has 1 rings (SSSR count). The van der Waals surface area contributed by atoms with E-state index in [0.29, 0.717) is 6.17 Å². The molecule has 0 aromatic heterocycles. The zero-order valence-corrected chi connectivity index (χ0v) is 4.32. The third kappa shape index (κ3) is 0.641. The first-order valence-corrected chi connectivity index (χ1v) is 2.16. The summed E-state index contributed by atoms with van der Waals surface area (Å²) in [4.78, 5) is 20.5. The van der Waals surface area contributed by atoms with E-state index in [4.69, 9.17) is 0 Å². The number of rotatable bonds is 0. The molecule has 4 heteroatoms. The maximum absolute atomic E-state index is 10.2. The van der Waals surface area contributed by atoms with Crippen LogP contribution in [0.5, 0.6) is 0 Å². The summed E-state index contributed by atoms with van der Waals surface area (Å²) >= 11 is 0. The van der Waals surface area contributed by atoms with Crippen LogP contribution in [0, 0.1) is 6.17 Å². The fourth-order valence-corrected chi connectivity index (χ4v) is 0.485. The third-order valence-electron chi connectivity index (χ3n) is 0.808. The van der Waals surface area contributed by atoms with Crippen LogP contribution < -0.4 is 10.6 Å². The zero-order chi connectivity index (χ0) is 6.15. The highest BCUT2D eigenvalue weighted by Crippen LogP contribution is 1.92. The Morgan fingerprint density at radius 3 is 1.62 bits per heavy atom. The van der Waals surface area contributed by atoms with E-state index in [1.54, 1.807) is 6.92 Å². The Balaban J connectivity index is 2.64. The van der Waals surface area contributed by atoms with Crippen molar-refractivity contribution in [3.8, 4) is 0 Å². The summed E-state index contributed by atoms with van der Waals surface area (Å²) in [6, 6.07) is 0. The molecule has 0 spiro atoms. The summed E-state index contributed by atoms with van der Waals surface area (Å²) in [6.07, 6.45) is 0.500. The van der Waals surface area contributed by atoms with Gasteiger partial charge >= 0.3 is 11.8 Å². The first-order chi connectivity index (χ1) is 3.70. The summed E-state index contributed by atoms with van der Waals surface area (Å²) in [5.74, 6) is -1.16. The quantitative estimate of drug-likeness (QED) is 0.385. The Morgan fingerprint density at radius 2 is 1.50 bits per heavy atom. The first-order valence-electron chi connectivity index (χ1n) is 2.16. The van der Waals surface area contributed by atoms with E-state index in [-0.39, 0.29) is 0 Å². The molecule has 1 saturated heterocycles. The molecule has 1 radical (unpaired) electrons. The normalized spacial score (nSPS) is 20.6. The molecular formula is C4H5N2O2. The maximum atomic E-state index is 10.2. The van der Waals surface area contributed by atoms with Crippen molar-refractivity contribution < 1.29 is 9.59 Å². The molecule has 0 aliphatic carbocycles. The summed E-state index contributed by atoms with van der Waals surface area (Å²) in [5.41, 5.74) is 0. The van der Waals surface area contributed by atoms with Crippen molar-refractivity contribution >= 4 is 11.8 Å². The first kappa shape index (κ1) is 5.08. The van der Waals surface area contributed by atoms with Crippen molar-refractivity contribution in [2.24, 2.45) is 0 Å². The molecule has 1 aliphatic rings. The van der Waals surface area contributed by atoms with E-state index in [9.17, 15) is 9.59 Å². The van der Waals surface area contributed by atoms with Crippen LogP contribution >= 0.6 is 0 Å². The molecule has 1 fully saturated rings. The van der Waals surface area contributed by atoms with Crippen LogP contribution in [-0.2, 0) is 9.59 Å². The smallest absolute Gasteiger partial charge is 0.311 e. The number of nitrogens with one attached hydrogen (secondary N) is 2. The van der Waals surface area contributed by atoms with Gasteiger partial charge in [-0.3, -0.25) is 9.59 Å². The number of carbonyl (C=O) groups excluding carboxylic acids is 2. The lowest BCUT2D eigenvalue weighted by molar-refractivity contribution is -0.135. The van der Waals surface area contributed by atoms with Crippen LogP contribution in [0.15, 0.2) is 0 Å². The van der Waals surface area contributed by atoms with Crippen molar-refractivity contribution in [1.29, 1.82) is 0 Å². The number of amides is 2. The monoisotopic (exact) mass is 113 g/mol. The molecule has 8 heavy (non-hydrogen) atoms. The molecule has 0 bridgehead atoms. The Bertz CT molecular complexity index is 127. The largest absolute Gasteiger partial charge is 0.322 e. The van der Waals surface area contributed by atoms with Crippen LogP contribution in [-0.4, -0.2) is 11.8 Å². The topological polar surface area (TPSA) is 58.2 Å². The summed E-state index contributed by atoms with van der Waals surface area (Å²) in [5, 5.41) is 4.57. The van der Waals surface area contributed by atoms with E-state index < -0.39 is 11.8 Å². The molecule has 0 unspecified atom stereocenters. The van der Waals surface area contributed by atoms with Gasteiger partial charge in [-0.2, -0.15) is 0 Å². The lowest BCUT2D eigenvalue weighted by Gasteiger charge is -1.94. The van der Waals surface area contributed by atoms with Gasteiger partial charge in [0.25, 0.3) is 0 Å². The van der Waals surface area contributed by atoms with E-state index in [0.717, 1.165) is 0 Å². The fraction of sp³-hybridized carbons (Fsp3) is 0.250. The molecule has 0 atom stereocenters. The average Bonchev–Trinajstić information content (AvgIpc) is 1.85.